The first-order chi connectivity index (χ1) is 11.3. The van der Waals surface area contributed by atoms with Crippen molar-refractivity contribution in [2.75, 3.05) is 6.61 Å². The minimum atomic E-state index is -4.45. The van der Waals surface area contributed by atoms with Gasteiger partial charge < -0.3 is 9.84 Å². The molecule has 130 valence electrons. The number of unbranched alkanes of at least 4 members (excludes halogenated alkanes) is 1. The van der Waals surface area contributed by atoms with E-state index in [-0.39, 0.29) is 12.1 Å². The number of carboxylic acids is 1. The molecule has 2 rings (SSSR count). The maximum absolute atomic E-state index is 12.9. The van der Waals surface area contributed by atoms with E-state index >= 15 is 0 Å². The summed E-state index contributed by atoms with van der Waals surface area (Å²) in [4.78, 5) is 14.8. The fourth-order valence-corrected chi connectivity index (χ4v) is 2.81. The number of hydrogen-bond donors (Lipinski definition) is 1. The van der Waals surface area contributed by atoms with Gasteiger partial charge in [0.15, 0.2) is 5.69 Å². The van der Waals surface area contributed by atoms with Crippen molar-refractivity contribution in [3.05, 3.63) is 45.4 Å². The molecule has 0 atom stereocenters. The van der Waals surface area contributed by atoms with Crippen LogP contribution < -0.4 is 4.74 Å². The number of nitrogens with zero attached hydrogens (tertiary/aromatic N) is 1. The van der Waals surface area contributed by atoms with Crippen molar-refractivity contribution in [2.45, 2.75) is 32.4 Å². The molecular formula is C16H16F3NO3S. The average Bonchev–Trinajstić information content (AvgIpc) is 2.96. The van der Waals surface area contributed by atoms with Crippen LogP contribution in [0.15, 0.2) is 23.6 Å². The topological polar surface area (TPSA) is 59.4 Å². The Bertz CT molecular complexity index is 713. The first-order valence-electron chi connectivity index (χ1n) is 7.32. The maximum Gasteiger partial charge on any atom is 0.416 e. The molecule has 24 heavy (non-hydrogen) atoms. The van der Waals surface area contributed by atoms with E-state index < -0.39 is 17.7 Å². The van der Waals surface area contributed by atoms with E-state index in [0.717, 1.165) is 36.3 Å². The molecule has 0 unspecified atom stereocenters. The quantitative estimate of drug-likeness (QED) is 0.732. The normalized spacial score (nSPS) is 11.5. The molecule has 1 aromatic heterocycles. The van der Waals surface area contributed by atoms with Crippen molar-refractivity contribution in [2.24, 2.45) is 0 Å². The minimum absolute atomic E-state index is 0.0866. The summed E-state index contributed by atoms with van der Waals surface area (Å²) in [5, 5.41) is 10.7. The minimum Gasteiger partial charge on any atom is -0.493 e. The van der Waals surface area contributed by atoms with Gasteiger partial charge in [0.2, 0.25) is 0 Å². The van der Waals surface area contributed by atoms with E-state index in [1.165, 1.54) is 11.4 Å². The predicted octanol–water partition coefficient (Wildman–Crippen LogP) is 4.63. The molecule has 1 N–H and O–H groups in total. The second-order valence-corrected chi connectivity index (χ2v) is 6.07. The number of ether oxygens (including phenoxy) is 1. The molecule has 0 aliphatic carbocycles. The van der Waals surface area contributed by atoms with Crippen LogP contribution in [-0.2, 0) is 12.6 Å². The van der Waals surface area contributed by atoms with Crippen LogP contribution in [0.4, 0.5) is 13.2 Å². The van der Waals surface area contributed by atoms with Gasteiger partial charge in [0.1, 0.15) is 5.75 Å². The van der Waals surface area contributed by atoms with Gasteiger partial charge in [0, 0.05) is 17.4 Å². The van der Waals surface area contributed by atoms with E-state index in [9.17, 15) is 18.0 Å². The molecular weight excluding hydrogens is 343 g/mol. The maximum atomic E-state index is 12.9. The molecule has 1 heterocycles. The van der Waals surface area contributed by atoms with E-state index in [0.29, 0.717) is 22.9 Å². The van der Waals surface area contributed by atoms with E-state index in [4.69, 9.17) is 9.84 Å². The molecule has 8 heteroatoms. The second-order valence-electron chi connectivity index (χ2n) is 5.13. The third-order valence-corrected chi connectivity index (χ3v) is 4.10. The SMILES string of the molecule is CCCCOc1ccc(C(F)(F)F)cc1Cc1nc(C(=O)O)cs1. The highest BCUT2D eigenvalue weighted by Crippen LogP contribution is 2.33. The number of hydrogen-bond acceptors (Lipinski definition) is 4. The van der Waals surface area contributed by atoms with Crippen molar-refractivity contribution in [3.63, 3.8) is 0 Å². The van der Waals surface area contributed by atoms with E-state index in [1.807, 2.05) is 6.92 Å². The van der Waals surface area contributed by atoms with Crippen LogP contribution in [-0.4, -0.2) is 22.7 Å². The number of halogens is 3. The molecule has 0 radical (unpaired) electrons. The molecule has 0 amide bonds. The van der Waals surface area contributed by atoms with Crippen LogP contribution in [0.2, 0.25) is 0 Å². The van der Waals surface area contributed by atoms with Gasteiger partial charge in [-0.3, -0.25) is 0 Å². The first kappa shape index (κ1) is 18.3. The summed E-state index contributed by atoms with van der Waals surface area (Å²) >= 11 is 1.09. The Balaban J connectivity index is 2.29. The fourth-order valence-electron chi connectivity index (χ4n) is 2.01. The Morgan fingerprint density at radius 3 is 2.71 bits per heavy atom. The van der Waals surface area contributed by atoms with Crippen LogP contribution in [0.5, 0.6) is 5.75 Å². The zero-order valence-corrected chi connectivity index (χ0v) is 13.7. The summed E-state index contributed by atoms with van der Waals surface area (Å²) in [7, 11) is 0. The van der Waals surface area contributed by atoms with Gasteiger partial charge in [-0.15, -0.1) is 11.3 Å². The standard InChI is InChI=1S/C16H16F3NO3S/c1-2-3-6-23-13-5-4-11(16(17,18)19)7-10(13)8-14-20-12(9-24-14)15(21)22/h4-5,7,9H,2-3,6,8H2,1H3,(H,21,22). The summed E-state index contributed by atoms with van der Waals surface area (Å²) in [6.07, 6.45) is -2.67. The monoisotopic (exact) mass is 359 g/mol. The Hall–Kier alpha value is -2.09. The molecule has 1 aromatic carbocycles. The highest BCUT2D eigenvalue weighted by atomic mass is 32.1. The van der Waals surface area contributed by atoms with Crippen LogP contribution in [0.1, 0.15) is 46.4 Å². The largest absolute Gasteiger partial charge is 0.493 e. The van der Waals surface area contributed by atoms with Gasteiger partial charge in [-0.05, 0) is 24.6 Å². The molecule has 2 aromatic rings. The van der Waals surface area contributed by atoms with E-state index in [2.05, 4.69) is 4.98 Å². The number of aromatic carboxylic acids is 1. The number of carboxylic acid groups (broad SMARTS) is 1. The molecule has 0 aliphatic rings. The molecule has 0 aliphatic heterocycles. The molecule has 0 saturated carbocycles. The lowest BCUT2D eigenvalue weighted by Gasteiger charge is -2.14. The first-order valence-corrected chi connectivity index (χ1v) is 8.20. The van der Waals surface area contributed by atoms with Crippen molar-refractivity contribution in [3.8, 4) is 5.75 Å². The number of thiazole rings is 1. The summed E-state index contributed by atoms with van der Waals surface area (Å²) in [6, 6.07) is 3.32. The van der Waals surface area contributed by atoms with Gasteiger partial charge in [-0.25, -0.2) is 9.78 Å². The van der Waals surface area contributed by atoms with E-state index in [1.54, 1.807) is 0 Å². The predicted molar refractivity (Wildman–Crippen MR) is 83.7 cm³/mol. The number of alkyl halides is 3. The fraction of sp³-hybridized carbons (Fsp3) is 0.375. The highest BCUT2D eigenvalue weighted by molar-refractivity contribution is 7.09. The van der Waals surface area contributed by atoms with Gasteiger partial charge >= 0.3 is 12.1 Å². The zero-order chi connectivity index (χ0) is 17.7. The lowest BCUT2D eigenvalue weighted by Crippen LogP contribution is -2.08. The van der Waals surface area contributed by atoms with Crippen molar-refractivity contribution in [1.82, 2.24) is 4.98 Å². The molecule has 0 bridgehead atoms. The zero-order valence-electron chi connectivity index (χ0n) is 12.9. The van der Waals surface area contributed by atoms with Gasteiger partial charge in [-0.2, -0.15) is 13.2 Å². The number of rotatable bonds is 7. The number of benzene rings is 1. The van der Waals surface area contributed by atoms with Crippen LogP contribution in [0, 0.1) is 0 Å². The number of carbonyl (C=O) groups is 1. The van der Waals surface area contributed by atoms with Gasteiger partial charge in [0.05, 0.1) is 17.2 Å². The third kappa shape index (κ3) is 4.70. The Kier molecular flexibility index (Phi) is 5.82. The van der Waals surface area contributed by atoms with Crippen LogP contribution in [0.3, 0.4) is 0 Å². The summed E-state index contributed by atoms with van der Waals surface area (Å²) in [5.41, 5.74) is -0.544. The smallest absolute Gasteiger partial charge is 0.416 e. The Morgan fingerprint density at radius 2 is 2.12 bits per heavy atom. The molecule has 0 fully saturated rings. The van der Waals surface area contributed by atoms with Crippen molar-refractivity contribution < 1.29 is 27.8 Å². The average molecular weight is 359 g/mol. The van der Waals surface area contributed by atoms with Gasteiger partial charge in [-0.1, -0.05) is 13.3 Å². The number of aromatic nitrogens is 1. The van der Waals surface area contributed by atoms with Gasteiger partial charge in [0.25, 0.3) is 0 Å². The second kappa shape index (κ2) is 7.65. The Morgan fingerprint density at radius 1 is 1.38 bits per heavy atom. The van der Waals surface area contributed by atoms with Crippen molar-refractivity contribution >= 4 is 17.3 Å². The molecule has 0 spiro atoms. The lowest BCUT2D eigenvalue weighted by atomic mass is 10.1. The summed E-state index contributed by atoms with van der Waals surface area (Å²) < 4.78 is 44.3. The van der Waals surface area contributed by atoms with Crippen LogP contribution in [0.25, 0.3) is 0 Å². The summed E-state index contributed by atoms with van der Waals surface area (Å²) in [6.45, 7) is 2.40. The highest BCUT2D eigenvalue weighted by Gasteiger charge is 2.31. The summed E-state index contributed by atoms with van der Waals surface area (Å²) in [5.74, 6) is -0.801. The molecule has 4 nitrogen and oxygen atoms in total. The molecule has 0 saturated heterocycles. The van der Waals surface area contributed by atoms with Crippen LogP contribution >= 0.6 is 11.3 Å². The Labute approximate surface area is 140 Å². The third-order valence-electron chi connectivity index (χ3n) is 3.26. The lowest BCUT2D eigenvalue weighted by molar-refractivity contribution is -0.137. The van der Waals surface area contributed by atoms with Crippen molar-refractivity contribution in [1.29, 1.82) is 0 Å².